The predicted molar refractivity (Wildman–Crippen MR) is 75.8 cm³/mol. The van der Waals surface area contributed by atoms with Gasteiger partial charge in [-0.25, -0.2) is 0 Å². The number of aromatic nitrogens is 1. The van der Waals surface area contributed by atoms with Crippen molar-refractivity contribution in [3.8, 4) is 11.5 Å². The molecule has 0 amide bonds. The van der Waals surface area contributed by atoms with E-state index < -0.39 is 0 Å². The summed E-state index contributed by atoms with van der Waals surface area (Å²) in [7, 11) is 0. The van der Waals surface area contributed by atoms with Crippen LogP contribution in [-0.4, -0.2) is 11.5 Å². The zero-order chi connectivity index (χ0) is 12.8. The van der Waals surface area contributed by atoms with Crippen molar-refractivity contribution < 1.29 is 4.74 Å². The summed E-state index contributed by atoms with van der Waals surface area (Å²) in [5.74, 6) is 1.53. The average Bonchev–Trinajstić information content (AvgIpc) is 2.40. The summed E-state index contributed by atoms with van der Waals surface area (Å²) in [6.45, 7) is 3.92. The summed E-state index contributed by atoms with van der Waals surface area (Å²) in [6, 6.07) is 9.81. The number of hydrogen-bond donors (Lipinski definition) is 1. The molecule has 1 aromatic carbocycles. The van der Waals surface area contributed by atoms with Crippen LogP contribution in [-0.2, 0) is 6.54 Å². The minimum Gasteiger partial charge on any atom is -0.455 e. The first-order chi connectivity index (χ1) is 8.79. The van der Waals surface area contributed by atoms with Gasteiger partial charge in [-0.1, -0.05) is 13.0 Å². The van der Waals surface area contributed by atoms with Gasteiger partial charge in [-0.05, 0) is 52.3 Å². The standard InChI is InChI=1S/C14H15BrN2O/c1-2-16-9-11-5-6-14(13(15)8-11)18-12-4-3-7-17-10-12/h3-8,10,16H,2,9H2,1H3. The van der Waals surface area contributed by atoms with Crippen LogP contribution < -0.4 is 10.1 Å². The summed E-state index contributed by atoms with van der Waals surface area (Å²) in [5.41, 5.74) is 1.22. The van der Waals surface area contributed by atoms with Crippen LogP contribution in [0.25, 0.3) is 0 Å². The summed E-state index contributed by atoms with van der Waals surface area (Å²) in [6.07, 6.45) is 3.42. The Kier molecular flexibility index (Phi) is 4.73. The van der Waals surface area contributed by atoms with Gasteiger partial charge < -0.3 is 10.1 Å². The Labute approximate surface area is 115 Å². The molecule has 0 saturated carbocycles. The van der Waals surface area contributed by atoms with E-state index in [0.717, 1.165) is 29.1 Å². The second-order valence-corrected chi connectivity index (χ2v) is 4.69. The largest absolute Gasteiger partial charge is 0.455 e. The van der Waals surface area contributed by atoms with Crippen molar-refractivity contribution in [2.24, 2.45) is 0 Å². The topological polar surface area (TPSA) is 34.1 Å². The van der Waals surface area contributed by atoms with Crippen molar-refractivity contribution in [1.29, 1.82) is 0 Å². The van der Waals surface area contributed by atoms with E-state index >= 15 is 0 Å². The molecule has 0 bridgehead atoms. The quantitative estimate of drug-likeness (QED) is 0.913. The summed E-state index contributed by atoms with van der Waals surface area (Å²) < 4.78 is 6.68. The van der Waals surface area contributed by atoms with E-state index in [1.54, 1.807) is 12.4 Å². The number of benzene rings is 1. The van der Waals surface area contributed by atoms with E-state index in [1.165, 1.54) is 5.56 Å². The molecule has 0 unspecified atom stereocenters. The first kappa shape index (κ1) is 13.1. The molecule has 2 aromatic rings. The van der Waals surface area contributed by atoms with Crippen molar-refractivity contribution in [1.82, 2.24) is 10.3 Å². The third-order valence-corrected chi connectivity index (χ3v) is 3.06. The Morgan fingerprint density at radius 2 is 2.22 bits per heavy atom. The van der Waals surface area contributed by atoms with Gasteiger partial charge in [0.25, 0.3) is 0 Å². The fourth-order valence-electron chi connectivity index (χ4n) is 1.54. The maximum atomic E-state index is 5.74. The molecule has 0 radical (unpaired) electrons. The van der Waals surface area contributed by atoms with E-state index in [4.69, 9.17) is 4.74 Å². The molecule has 2 rings (SSSR count). The first-order valence-corrected chi connectivity index (χ1v) is 6.66. The molecule has 1 aromatic heterocycles. The Morgan fingerprint density at radius 3 is 2.89 bits per heavy atom. The van der Waals surface area contributed by atoms with Crippen LogP contribution in [0.15, 0.2) is 47.2 Å². The molecule has 1 N–H and O–H groups in total. The zero-order valence-corrected chi connectivity index (χ0v) is 11.8. The maximum absolute atomic E-state index is 5.74. The lowest BCUT2D eigenvalue weighted by Gasteiger charge is -2.09. The van der Waals surface area contributed by atoms with Crippen molar-refractivity contribution in [2.75, 3.05) is 6.54 Å². The fourth-order valence-corrected chi connectivity index (χ4v) is 2.05. The van der Waals surface area contributed by atoms with Gasteiger partial charge in [-0.15, -0.1) is 0 Å². The van der Waals surface area contributed by atoms with Crippen LogP contribution in [0, 0.1) is 0 Å². The lowest BCUT2D eigenvalue weighted by atomic mass is 10.2. The normalized spacial score (nSPS) is 10.3. The number of nitrogens with one attached hydrogen (secondary N) is 1. The number of hydrogen-bond acceptors (Lipinski definition) is 3. The Morgan fingerprint density at radius 1 is 1.33 bits per heavy atom. The van der Waals surface area contributed by atoms with Crippen LogP contribution in [0.5, 0.6) is 11.5 Å². The Bertz CT molecular complexity index is 502. The highest BCUT2D eigenvalue weighted by Crippen LogP contribution is 2.30. The molecule has 0 atom stereocenters. The van der Waals surface area contributed by atoms with Gasteiger partial charge in [0.05, 0.1) is 10.7 Å². The van der Waals surface area contributed by atoms with Crippen LogP contribution in [0.4, 0.5) is 0 Å². The van der Waals surface area contributed by atoms with E-state index in [0.29, 0.717) is 0 Å². The third kappa shape index (κ3) is 3.55. The highest BCUT2D eigenvalue weighted by molar-refractivity contribution is 9.10. The van der Waals surface area contributed by atoms with E-state index in [9.17, 15) is 0 Å². The van der Waals surface area contributed by atoms with Crippen molar-refractivity contribution in [3.63, 3.8) is 0 Å². The number of ether oxygens (including phenoxy) is 1. The van der Waals surface area contributed by atoms with Gasteiger partial charge in [0.2, 0.25) is 0 Å². The molecule has 1 heterocycles. The summed E-state index contributed by atoms with van der Waals surface area (Å²) in [4.78, 5) is 4.02. The molecule has 4 heteroatoms. The molecule has 0 saturated heterocycles. The highest BCUT2D eigenvalue weighted by atomic mass is 79.9. The molecule has 0 fully saturated rings. The highest BCUT2D eigenvalue weighted by Gasteiger charge is 2.04. The monoisotopic (exact) mass is 306 g/mol. The maximum Gasteiger partial charge on any atom is 0.145 e. The van der Waals surface area contributed by atoms with Gasteiger partial charge in [0, 0.05) is 12.7 Å². The molecule has 18 heavy (non-hydrogen) atoms. The van der Waals surface area contributed by atoms with Crippen LogP contribution in [0.2, 0.25) is 0 Å². The molecule has 0 aliphatic heterocycles. The van der Waals surface area contributed by atoms with E-state index in [-0.39, 0.29) is 0 Å². The average molecular weight is 307 g/mol. The Hall–Kier alpha value is -1.39. The second-order valence-electron chi connectivity index (χ2n) is 3.84. The van der Waals surface area contributed by atoms with Gasteiger partial charge in [-0.3, -0.25) is 4.98 Å². The van der Waals surface area contributed by atoms with E-state index in [2.05, 4.69) is 45.3 Å². The lowest BCUT2D eigenvalue weighted by molar-refractivity contribution is 0.477. The van der Waals surface area contributed by atoms with Crippen LogP contribution in [0.1, 0.15) is 12.5 Å². The minimum absolute atomic E-state index is 0.734. The summed E-state index contributed by atoms with van der Waals surface area (Å²) in [5, 5.41) is 3.29. The second kappa shape index (κ2) is 6.52. The van der Waals surface area contributed by atoms with Crippen molar-refractivity contribution >= 4 is 15.9 Å². The fraction of sp³-hybridized carbons (Fsp3) is 0.214. The Balaban J connectivity index is 2.10. The molecule has 94 valence electrons. The number of halogens is 1. The van der Waals surface area contributed by atoms with E-state index in [1.807, 2.05) is 18.2 Å². The van der Waals surface area contributed by atoms with Crippen molar-refractivity contribution in [3.05, 3.63) is 52.8 Å². The molecule has 0 aliphatic rings. The number of rotatable bonds is 5. The molecular formula is C14H15BrN2O. The lowest BCUT2D eigenvalue weighted by Crippen LogP contribution is -2.11. The van der Waals surface area contributed by atoms with Gasteiger partial charge in [0.1, 0.15) is 11.5 Å². The first-order valence-electron chi connectivity index (χ1n) is 5.86. The van der Waals surface area contributed by atoms with Gasteiger partial charge >= 0.3 is 0 Å². The number of nitrogens with zero attached hydrogens (tertiary/aromatic N) is 1. The molecular weight excluding hydrogens is 292 g/mol. The SMILES string of the molecule is CCNCc1ccc(Oc2cccnc2)c(Br)c1. The third-order valence-electron chi connectivity index (χ3n) is 2.44. The van der Waals surface area contributed by atoms with Crippen LogP contribution in [0.3, 0.4) is 0 Å². The summed E-state index contributed by atoms with van der Waals surface area (Å²) >= 11 is 3.52. The zero-order valence-electron chi connectivity index (χ0n) is 10.2. The molecule has 3 nitrogen and oxygen atoms in total. The molecule has 0 spiro atoms. The smallest absolute Gasteiger partial charge is 0.145 e. The minimum atomic E-state index is 0.734. The molecule has 0 aliphatic carbocycles. The van der Waals surface area contributed by atoms with Crippen molar-refractivity contribution in [2.45, 2.75) is 13.5 Å². The predicted octanol–water partition coefficient (Wildman–Crippen LogP) is 3.75. The van der Waals surface area contributed by atoms with Crippen LogP contribution >= 0.6 is 15.9 Å². The van der Waals surface area contributed by atoms with Gasteiger partial charge in [0.15, 0.2) is 0 Å². The van der Waals surface area contributed by atoms with Gasteiger partial charge in [-0.2, -0.15) is 0 Å². The number of pyridine rings is 1.